The van der Waals surface area contributed by atoms with Crippen LogP contribution in [-0.4, -0.2) is 146 Å². The highest BCUT2D eigenvalue weighted by molar-refractivity contribution is 6.38. The molecular formula is C85H98Cl3F13N14O17. The van der Waals surface area contributed by atoms with E-state index in [-0.39, 0.29) is 170 Å². The van der Waals surface area contributed by atoms with Gasteiger partial charge in [-0.15, -0.1) is 13.2 Å². The molecule has 7 aromatic rings. The lowest BCUT2D eigenvalue weighted by atomic mass is 10.1. The Morgan fingerprint density at radius 3 is 1.11 bits per heavy atom. The number of benzene rings is 7. The van der Waals surface area contributed by atoms with Gasteiger partial charge in [0, 0.05) is 113 Å². The standard InChI is InChI=1S/C14H20N2O4.C13H14ClF3N2O2.C13H14F4N2O2.C13H15F3N2O2.C11H13ClN2O2.C11H11F3N2O3.C10H11ClN2O2/c1-20-13-6-10(9-17)2-3-11(13)8-16-14(19)5-4-12(18)7-15;2*14-11-3-1-8(5-10(11)13(15,16)17)7-19-12(21)4-2-9(20)6-18;14-13(15,16)10-3-1-2-9(6-10)8-18-12(20)5-4-11(19)7-17;1-7-4-9(12)3-2-8(7)6-14-11(16)10(15)5-13;12-11(13,14)19-8-3-1-2-7(4-8)6-16-10(18)9(17)5-15;11-8-3-1-2-7(4-8)6-13-10(15)9(14)5-12/h2-3,6,17H,4-5,7-9,15H2,1H3,(H,16,19);2*1,3,5H,2,4,6-7,18H2,(H,19,21);1-3,6H,4-5,7-8,17H2,(H,18,20);2-4H,5-6,13H2,1H3,(H,14,16);1-4H,5-6,15H2,(H,16,18);1-4H,5-6,12H2,(H,13,15). The summed E-state index contributed by atoms with van der Waals surface area (Å²) >= 11 is 17.0. The molecule has 0 aliphatic rings. The predicted molar refractivity (Wildman–Crippen MR) is 457 cm³/mol. The third-order valence-corrected chi connectivity index (χ3v) is 17.6. The number of amides is 7. The minimum absolute atomic E-state index is 0.0107. The monoisotopic (exact) mass is 1940 g/mol. The van der Waals surface area contributed by atoms with Crippen LogP contribution in [0.2, 0.25) is 15.1 Å². The molecule has 0 fully saturated rings. The number of aliphatic hydroxyl groups is 1. The van der Waals surface area contributed by atoms with E-state index in [9.17, 15) is 124 Å². The maximum Gasteiger partial charge on any atom is 0.573 e. The molecule has 0 aliphatic heterocycles. The maximum absolute atomic E-state index is 13.1. The van der Waals surface area contributed by atoms with Gasteiger partial charge in [0.15, 0.2) is 0 Å². The number of ether oxygens (including phenoxy) is 2. The quantitative estimate of drug-likeness (QED) is 0.0129. The molecule has 0 saturated carbocycles. The van der Waals surface area contributed by atoms with E-state index in [0.717, 1.165) is 70.3 Å². The number of nitrogens with one attached hydrogen (secondary N) is 7. The molecule has 31 nitrogen and oxygen atoms in total. The number of aliphatic hydroxyl groups excluding tert-OH is 1. The van der Waals surface area contributed by atoms with Crippen LogP contribution in [0.1, 0.15) is 118 Å². The molecule has 0 aliphatic carbocycles. The predicted octanol–water partition coefficient (Wildman–Crippen LogP) is 7.80. The average molecular weight is 1940 g/mol. The Kier molecular flexibility index (Phi) is 54.8. The minimum atomic E-state index is -4.79. The number of halogens is 16. The summed E-state index contributed by atoms with van der Waals surface area (Å²) in [6.45, 7) is 0.889. The van der Waals surface area contributed by atoms with Crippen LogP contribution in [-0.2, 0) is 138 Å². The van der Waals surface area contributed by atoms with Crippen LogP contribution in [0.5, 0.6) is 11.5 Å². The Hall–Kier alpha value is -12.2. The van der Waals surface area contributed by atoms with Gasteiger partial charge in [0.1, 0.15) is 40.4 Å². The van der Waals surface area contributed by atoms with Crippen LogP contribution in [0, 0.1) is 12.7 Å². The van der Waals surface area contributed by atoms with Crippen molar-refractivity contribution in [3.63, 3.8) is 0 Å². The van der Waals surface area contributed by atoms with E-state index in [0.29, 0.717) is 52.1 Å². The molecule has 7 aromatic carbocycles. The second-order valence-electron chi connectivity index (χ2n) is 27.0. The van der Waals surface area contributed by atoms with Crippen LogP contribution in [0.4, 0.5) is 57.1 Å². The molecule has 0 spiro atoms. The summed E-state index contributed by atoms with van der Waals surface area (Å²) in [7, 11) is 1.53. The molecule has 7 rings (SSSR count). The van der Waals surface area contributed by atoms with Crippen molar-refractivity contribution in [3.05, 3.63) is 233 Å². The number of carbonyl (C=O) groups is 14. The first-order chi connectivity index (χ1) is 61.9. The van der Waals surface area contributed by atoms with Gasteiger partial charge < -0.3 is 91.9 Å². The van der Waals surface area contributed by atoms with Crippen molar-refractivity contribution in [1.29, 1.82) is 0 Å². The number of rotatable bonds is 39. The number of methoxy groups -OCH3 is 1. The summed E-state index contributed by atoms with van der Waals surface area (Å²) in [5.74, 6) is -7.86. The summed E-state index contributed by atoms with van der Waals surface area (Å²) in [6.07, 6.45) is -18.4. The Morgan fingerprint density at radius 2 is 0.712 bits per heavy atom. The highest BCUT2D eigenvalue weighted by atomic mass is 35.5. The first-order valence-corrected chi connectivity index (χ1v) is 40.0. The zero-order valence-corrected chi connectivity index (χ0v) is 73.0. The molecule has 132 heavy (non-hydrogen) atoms. The molecule has 0 saturated heterocycles. The van der Waals surface area contributed by atoms with Crippen LogP contribution in [0.15, 0.2) is 146 Å². The summed E-state index contributed by atoms with van der Waals surface area (Å²) < 4.78 is 171. The number of alkyl halides is 12. The number of hydrogen-bond donors (Lipinski definition) is 15. The fraction of sp³-hybridized carbons (Fsp3) is 0.341. The fourth-order valence-electron chi connectivity index (χ4n) is 9.73. The normalized spacial score (nSPS) is 10.7. The molecule has 0 radical (unpaired) electrons. The topological polar surface area (TPSA) is 544 Å². The first-order valence-electron chi connectivity index (χ1n) is 38.8. The molecule has 0 atom stereocenters. The van der Waals surface area contributed by atoms with E-state index < -0.39 is 118 Å². The van der Waals surface area contributed by atoms with Gasteiger partial charge >= 0.3 is 24.9 Å². The van der Waals surface area contributed by atoms with Crippen molar-refractivity contribution in [1.82, 2.24) is 37.2 Å². The molecular weight excluding hydrogens is 1840 g/mol. The first kappa shape index (κ1) is 118. The average Bonchev–Trinajstić information content (AvgIpc) is 0.833. The number of carbonyl (C=O) groups excluding carboxylic acids is 14. The van der Waals surface area contributed by atoms with Crippen LogP contribution in [0.3, 0.4) is 0 Å². The van der Waals surface area contributed by atoms with Crippen LogP contribution < -0.4 is 86.8 Å². The SMILES string of the molecule is COc1cc(CO)ccc1CNC(=O)CCC(=O)CN.Cc1cc(Cl)ccc1CNC(=O)C(=O)CN.NCC(=O)C(=O)NCc1cccc(Cl)c1.NCC(=O)C(=O)NCc1cccc(OC(F)(F)F)c1.NCC(=O)CCC(=O)NCc1ccc(Cl)c(C(F)(F)F)c1.NCC(=O)CCC(=O)NCc1ccc(F)c(C(F)(F)F)c1.NCC(=O)CCC(=O)NCc1cccc(C(F)(F)F)c1. The van der Waals surface area contributed by atoms with Crippen molar-refractivity contribution < 1.29 is 139 Å². The zero-order valence-electron chi connectivity index (χ0n) is 70.7. The van der Waals surface area contributed by atoms with Gasteiger partial charge in [-0.05, 0) is 130 Å². The molecule has 0 bridgehead atoms. The van der Waals surface area contributed by atoms with Gasteiger partial charge in [-0.3, -0.25) is 67.1 Å². The largest absolute Gasteiger partial charge is 0.573 e. The van der Waals surface area contributed by atoms with E-state index in [4.69, 9.17) is 84.8 Å². The Bertz CT molecular complexity index is 4920. The minimum Gasteiger partial charge on any atom is -0.496 e. The number of ketones is 7. The Morgan fingerprint density at radius 1 is 0.356 bits per heavy atom. The summed E-state index contributed by atoms with van der Waals surface area (Å²) in [6, 6.07) is 33.3. The molecule has 0 unspecified atom stereocenters. The molecule has 47 heteroatoms. The van der Waals surface area contributed by atoms with E-state index in [1.54, 1.807) is 54.6 Å². The highest BCUT2D eigenvalue weighted by Crippen LogP contribution is 2.36. The van der Waals surface area contributed by atoms with E-state index in [1.165, 1.54) is 37.4 Å². The van der Waals surface area contributed by atoms with Crippen molar-refractivity contribution >= 4 is 117 Å². The van der Waals surface area contributed by atoms with E-state index in [1.807, 2.05) is 13.0 Å². The van der Waals surface area contributed by atoms with Crippen LogP contribution >= 0.6 is 34.8 Å². The number of nitrogens with two attached hydrogens (primary N) is 7. The van der Waals surface area contributed by atoms with Crippen LogP contribution in [0.25, 0.3) is 0 Å². The highest BCUT2D eigenvalue weighted by Gasteiger charge is 2.36. The van der Waals surface area contributed by atoms with Gasteiger partial charge in [0.25, 0.3) is 17.7 Å². The smallest absolute Gasteiger partial charge is 0.496 e. The van der Waals surface area contributed by atoms with Crippen molar-refractivity contribution in [2.45, 2.75) is 136 Å². The molecule has 0 aromatic heterocycles. The van der Waals surface area contributed by atoms with Gasteiger partial charge in [0.05, 0.1) is 81.2 Å². The number of hydrogen-bond acceptors (Lipinski definition) is 24. The Labute approximate surface area is 762 Å². The molecule has 7 amide bonds. The molecule has 22 N–H and O–H groups in total. The summed E-state index contributed by atoms with van der Waals surface area (Å²) in [5.41, 5.74) is 37.8. The van der Waals surface area contributed by atoms with Crippen molar-refractivity contribution in [2.24, 2.45) is 40.1 Å². The second kappa shape index (κ2) is 61.4. The van der Waals surface area contributed by atoms with Crippen molar-refractivity contribution in [3.8, 4) is 11.5 Å². The third-order valence-electron chi connectivity index (χ3n) is 16.8. The maximum atomic E-state index is 13.1. The zero-order chi connectivity index (χ0) is 100. The van der Waals surface area contributed by atoms with Gasteiger partial charge in [-0.2, -0.15) is 39.5 Å². The van der Waals surface area contributed by atoms with E-state index in [2.05, 4.69) is 42.0 Å². The lowest BCUT2D eigenvalue weighted by Crippen LogP contribution is -2.34. The molecule has 722 valence electrons. The summed E-state index contributed by atoms with van der Waals surface area (Å²) in [5, 5.41) is 27.0. The lowest BCUT2D eigenvalue weighted by Gasteiger charge is -2.11. The third kappa shape index (κ3) is 50.8. The lowest BCUT2D eigenvalue weighted by molar-refractivity contribution is -0.274. The number of aryl methyl sites for hydroxylation is 1. The van der Waals surface area contributed by atoms with Gasteiger partial charge in [0.2, 0.25) is 41.0 Å². The molecule has 0 heterocycles. The van der Waals surface area contributed by atoms with E-state index >= 15 is 0 Å². The second-order valence-corrected chi connectivity index (χ2v) is 28.3. The van der Waals surface area contributed by atoms with Crippen molar-refractivity contribution in [2.75, 3.05) is 52.9 Å². The summed E-state index contributed by atoms with van der Waals surface area (Å²) in [4.78, 5) is 156. The van der Waals surface area contributed by atoms with Gasteiger partial charge in [-0.25, -0.2) is 4.39 Å². The number of Topliss-reactive ketones (excluding diaryl/α,β-unsaturated/α-hetero) is 7. The Balaban J connectivity index is 0.000000772. The van der Waals surface area contributed by atoms with Gasteiger partial charge in [-0.1, -0.05) is 102 Å². The fourth-order valence-corrected chi connectivity index (χ4v) is 10.4.